The van der Waals surface area contributed by atoms with Gasteiger partial charge in [-0.3, -0.25) is 14.9 Å². The van der Waals surface area contributed by atoms with Gasteiger partial charge in [-0.05, 0) is 42.1 Å². The van der Waals surface area contributed by atoms with Crippen LogP contribution in [0.2, 0.25) is 0 Å². The first-order valence-electron chi connectivity index (χ1n) is 6.58. The smallest absolute Gasteiger partial charge is 0.273 e. The summed E-state index contributed by atoms with van der Waals surface area (Å²) in [7, 11) is 0. The number of para-hydroxylation sites is 1. The van der Waals surface area contributed by atoms with E-state index in [0.29, 0.717) is 5.69 Å². The Kier molecular flexibility index (Phi) is 3.60. The second-order valence-corrected chi connectivity index (χ2v) is 5.71. The number of hydrogen-bond acceptors (Lipinski definition) is 4. The summed E-state index contributed by atoms with van der Waals surface area (Å²) in [6, 6.07) is 9.68. The molecule has 110 valence electrons. The number of benzene rings is 1. The van der Waals surface area contributed by atoms with Crippen molar-refractivity contribution in [3.63, 3.8) is 0 Å². The van der Waals surface area contributed by atoms with E-state index in [4.69, 9.17) is 0 Å². The second kappa shape index (κ2) is 5.57. The third-order valence-corrected chi connectivity index (χ3v) is 4.26. The lowest BCUT2D eigenvalue weighted by atomic mass is 10.1. The highest BCUT2D eigenvalue weighted by molar-refractivity contribution is 7.11. The molecule has 1 aliphatic heterocycles. The monoisotopic (exact) mass is 312 g/mol. The van der Waals surface area contributed by atoms with Crippen LogP contribution in [0.1, 0.15) is 10.4 Å². The van der Waals surface area contributed by atoms with Crippen LogP contribution in [0, 0.1) is 6.92 Å². The molecular formula is C16H12N2O3S. The molecule has 1 saturated heterocycles. The van der Waals surface area contributed by atoms with E-state index in [-0.39, 0.29) is 5.57 Å². The standard InChI is InChI=1S/C16H12N2O3S/c1-10-7-8-22-13(10)9-12-14(19)17-16(21)18(15(12)20)11-5-3-2-4-6-11/h2-9H,1H3,(H,17,19,21)/b12-9+. The van der Waals surface area contributed by atoms with Gasteiger partial charge in [-0.25, -0.2) is 9.69 Å². The Labute approximate surface area is 130 Å². The number of amides is 4. The summed E-state index contributed by atoms with van der Waals surface area (Å²) in [4.78, 5) is 38.3. The highest BCUT2D eigenvalue weighted by Gasteiger charge is 2.36. The molecule has 1 aromatic carbocycles. The van der Waals surface area contributed by atoms with E-state index in [1.165, 1.54) is 17.4 Å². The number of carbonyl (C=O) groups is 3. The van der Waals surface area contributed by atoms with Crippen LogP contribution in [0.25, 0.3) is 6.08 Å². The number of aryl methyl sites for hydroxylation is 1. The first-order valence-corrected chi connectivity index (χ1v) is 7.46. The Morgan fingerprint density at radius 3 is 2.45 bits per heavy atom. The predicted octanol–water partition coefficient (Wildman–Crippen LogP) is 2.72. The quantitative estimate of drug-likeness (QED) is 0.685. The topological polar surface area (TPSA) is 66.5 Å². The third-order valence-electron chi connectivity index (χ3n) is 3.29. The molecule has 0 bridgehead atoms. The minimum absolute atomic E-state index is 0.0472. The molecule has 0 atom stereocenters. The van der Waals surface area contributed by atoms with Crippen molar-refractivity contribution >= 4 is 40.9 Å². The Balaban J connectivity index is 2.03. The SMILES string of the molecule is Cc1ccsc1/C=C1\C(=O)NC(=O)N(c2ccccc2)C1=O. The fourth-order valence-corrected chi connectivity index (χ4v) is 2.99. The van der Waals surface area contributed by atoms with Crippen molar-refractivity contribution in [2.45, 2.75) is 6.92 Å². The number of carbonyl (C=O) groups excluding carboxylic acids is 3. The molecule has 0 unspecified atom stereocenters. The van der Waals surface area contributed by atoms with E-state index in [1.54, 1.807) is 30.3 Å². The zero-order chi connectivity index (χ0) is 15.7. The fourth-order valence-electron chi connectivity index (χ4n) is 2.13. The number of thiophene rings is 1. The summed E-state index contributed by atoms with van der Waals surface area (Å²) in [6.45, 7) is 1.90. The van der Waals surface area contributed by atoms with Crippen LogP contribution in [-0.4, -0.2) is 17.8 Å². The number of imide groups is 2. The van der Waals surface area contributed by atoms with Crippen LogP contribution in [0.4, 0.5) is 10.5 Å². The van der Waals surface area contributed by atoms with E-state index >= 15 is 0 Å². The minimum Gasteiger partial charge on any atom is -0.273 e. The molecule has 4 amide bonds. The highest BCUT2D eigenvalue weighted by atomic mass is 32.1. The van der Waals surface area contributed by atoms with Crippen molar-refractivity contribution in [1.82, 2.24) is 5.32 Å². The van der Waals surface area contributed by atoms with Gasteiger partial charge >= 0.3 is 6.03 Å². The Hall–Kier alpha value is -2.73. The summed E-state index contributed by atoms with van der Waals surface area (Å²) in [5.74, 6) is -1.29. The molecular weight excluding hydrogens is 300 g/mol. The van der Waals surface area contributed by atoms with Crippen LogP contribution in [0.15, 0.2) is 47.4 Å². The largest absolute Gasteiger partial charge is 0.335 e. The maximum Gasteiger partial charge on any atom is 0.335 e. The molecule has 5 nitrogen and oxygen atoms in total. The average molecular weight is 312 g/mol. The minimum atomic E-state index is -0.735. The number of nitrogens with zero attached hydrogens (tertiary/aromatic N) is 1. The summed E-state index contributed by atoms with van der Waals surface area (Å²) in [6.07, 6.45) is 1.53. The summed E-state index contributed by atoms with van der Waals surface area (Å²) < 4.78 is 0. The fraction of sp³-hybridized carbons (Fsp3) is 0.0625. The van der Waals surface area contributed by atoms with Gasteiger partial charge in [0.15, 0.2) is 0 Å². The molecule has 0 spiro atoms. The van der Waals surface area contributed by atoms with Crippen molar-refractivity contribution in [2.75, 3.05) is 4.90 Å². The maximum absolute atomic E-state index is 12.6. The lowest BCUT2D eigenvalue weighted by molar-refractivity contribution is -0.122. The zero-order valence-corrected chi connectivity index (χ0v) is 12.5. The van der Waals surface area contributed by atoms with Crippen LogP contribution >= 0.6 is 11.3 Å². The third kappa shape index (κ3) is 2.44. The van der Waals surface area contributed by atoms with Gasteiger partial charge in [0.05, 0.1) is 5.69 Å². The first-order chi connectivity index (χ1) is 10.6. The first kappa shape index (κ1) is 14.2. The normalized spacial score (nSPS) is 17.0. The van der Waals surface area contributed by atoms with E-state index in [0.717, 1.165) is 15.3 Å². The lowest BCUT2D eigenvalue weighted by Crippen LogP contribution is -2.54. The van der Waals surface area contributed by atoms with Gasteiger partial charge in [0.2, 0.25) is 0 Å². The summed E-state index contributed by atoms with van der Waals surface area (Å²) in [5, 5.41) is 4.09. The summed E-state index contributed by atoms with van der Waals surface area (Å²) in [5.41, 5.74) is 1.35. The van der Waals surface area contributed by atoms with Crippen LogP contribution in [-0.2, 0) is 9.59 Å². The number of hydrogen-bond donors (Lipinski definition) is 1. The molecule has 1 fully saturated rings. The number of anilines is 1. The maximum atomic E-state index is 12.6. The molecule has 22 heavy (non-hydrogen) atoms. The molecule has 1 N–H and O–H groups in total. The second-order valence-electron chi connectivity index (χ2n) is 4.76. The van der Waals surface area contributed by atoms with E-state index in [9.17, 15) is 14.4 Å². The van der Waals surface area contributed by atoms with Crippen LogP contribution in [0.3, 0.4) is 0 Å². The molecule has 0 saturated carbocycles. The highest BCUT2D eigenvalue weighted by Crippen LogP contribution is 2.24. The number of nitrogens with one attached hydrogen (secondary N) is 1. The number of urea groups is 1. The van der Waals surface area contributed by atoms with Crippen molar-refractivity contribution < 1.29 is 14.4 Å². The predicted molar refractivity (Wildman–Crippen MR) is 84.5 cm³/mol. The number of rotatable bonds is 2. The van der Waals surface area contributed by atoms with Crippen molar-refractivity contribution in [2.24, 2.45) is 0 Å². The Morgan fingerprint density at radius 1 is 1.09 bits per heavy atom. The zero-order valence-electron chi connectivity index (χ0n) is 11.7. The molecule has 2 heterocycles. The molecule has 1 aliphatic rings. The molecule has 2 aromatic rings. The Bertz CT molecular complexity index is 793. The number of barbiturate groups is 1. The average Bonchev–Trinajstić information content (AvgIpc) is 2.89. The molecule has 6 heteroatoms. The molecule has 3 rings (SSSR count). The Morgan fingerprint density at radius 2 is 1.82 bits per heavy atom. The van der Waals surface area contributed by atoms with Crippen LogP contribution < -0.4 is 10.2 Å². The molecule has 1 aromatic heterocycles. The van der Waals surface area contributed by atoms with Gasteiger partial charge in [-0.1, -0.05) is 18.2 Å². The van der Waals surface area contributed by atoms with Crippen LogP contribution in [0.5, 0.6) is 0 Å². The van der Waals surface area contributed by atoms with Crippen molar-refractivity contribution in [1.29, 1.82) is 0 Å². The van der Waals surface area contributed by atoms with Gasteiger partial charge in [-0.2, -0.15) is 0 Å². The van der Waals surface area contributed by atoms with E-state index in [2.05, 4.69) is 5.32 Å². The van der Waals surface area contributed by atoms with Crippen molar-refractivity contribution in [3.05, 3.63) is 57.8 Å². The summed E-state index contributed by atoms with van der Waals surface area (Å²) >= 11 is 1.43. The van der Waals surface area contributed by atoms with E-state index < -0.39 is 17.8 Å². The van der Waals surface area contributed by atoms with Gasteiger partial charge in [0.1, 0.15) is 5.57 Å². The van der Waals surface area contributed by atoms with E-state index in [1.807, 2.05) is 18.4 Å². The van der Waals surface area contributed by atoms with Gasteiger partial charge in [0.25, 0.3) is 11.8 Å². The van der Waals surface area contributed by atoms with Crippen molar-refractivity contribution in [3.8, 4) is 0 Å². The molecule has 0 radical (unpaired) electrons. The van der Waals surface area contributed by atoms with Gasteiger partial charge in [0, 0.05) is 4.88 Å². The lowest BCUT2D eigenvalue weighted by Gasteiger charge is -2.26. The van der Waals surface area contributed by atoms with Gasteiger partial charge < -0.3 is 0 Å². The molecule has 0 aliphatic carbocycles. The van der Waals surface area contributed by atoms with Gasteiger partial charge in [-0.15, -0.1) is 11.3 Å².